The minimum Gasteiger partial charge on any atom is -0.591 e. The molecule has 0 aliphatic rings. The van der Waals surface area contributed by atoms with Gasteiger partial charge < -0.3 is 4.55 Å². The van der Waals surface area contributed by atoms with Crippen molar-refractivity contribution in [3.63, 3.8) is 0 Å². The second kappa shape index (κ2) is 4.93. The Morgan fingerprint density at radius 3 is 2.50 bits per heavy atom. The Balaban J connectivity index is 2.89. The molecule has 1 aromatic carbocycles. The Morgan fingerprint density at radius 1 is 1.31 bits per heavy atom. The van der Waals surface area contributed by atoms with Crippen LogP contribution in [0.4, 0.5) is 8.78 Å². The molecule has 0 aromatic heterocycles. The van der Waals surface area contributed by atoms with Gasteiger partial charge in [-0.3, -0.25) is 0 Å². The summed E-state index contributed by atoms with van der Waals surface area (Å²) in [6, 6.07) is 3.77. The highest BCUT2D eigenvalue weighted by atomic mass is 32.2. The molecular weight excluding hydrogens is 232 g/mol. The van der Waals surface area contributed by atoms with Crippen LogP contribution in [0.1, 0.15) is 26.3 Å². The fourth-order valence-corrected chi connectivity index (χ4v) is 1.41. The SMILES string of the molecule is CC(C)(C)[S@@+]([O-])/N=C/c1cccc(F)c1F. The van der Waals surface area contributed by atoms with Crippen LogP contribution in [0.25, 0.3) is 0 Å². The molecule has 0 bridgehead atoms. The highest BCUT2D eigenvalue weighted by molar-refractivity contribution is 7.91. The summed E-state index contributed by atoms with van der Waals surface area (Å²) in [6.45, 7) is 5.26. The predicted octanol–water partition coefficient (Wildman–Crippen LogP) is 2.85. The maximum absolute atomic E-state index is 13.2. The van der Waals surface area contributed by atoms with Gasteiger partial charge in [0.1, 0.15) is 16.1 Å². The van der Waals surface area contributed by atoms with Gasteiger partial charge in [0.25, 0.3) is 0 Å². The van der Waals surface area contributed by atoms with E-state index in [1.165, 1.54) is 12.1 Å². The van der Waals surface area contributed by atoms with Gasteiger partial charge in [0, 0.05) is 5.56 Å². The molecule has 0 radical (unpaired) electrons. The molecule has 0 N–H and O–H groups in total. The van der Waals surface area contributed by atoms with Gasteiger partial charge in [-0.2, -0.15) is 0 Å². The molecule has 0 heterocycles. The molecule has 16 heavy (non-hydrogen) atoms. The number of nitrogens with zero attached hydrogens (tertiary/aromatic N) is 1. The molecule has 1 rings (SSSR count). The quantitative estimate of drug-likeness (QED) is 0.583. The molecule has 88 valence electrons. The van der Waals surface area contributed by atoms with Crippen molar-refractivity contribution in [2.45, 2.75) is 25.5 Å². The van der Waals surface area contributed by atoms with E-state index in [-0.39, 0.29) is 5.56 Å². The summed E-state index contributed by atoms with van der Waals surface area (Å²) in [5, 5.41) is 0. The standard InChI is InChI=1S/C11H13F2NOS/c1-11(2,3)16(15)14-7-8-5-4-6-9(12)10(8)13/h4-7H,1-3H3/b14-7+/t16-/m1/s1. The Hall–Kier alpha value is -0.940. The van der Waals surface area contributed by atoms with E-state index in [4.69, 9.17) is 0 Å². The van der Waals surface area contributed by atoms with E-state index in [9.17, 15) is 13.3 Å². The van der Waals surface area contributed by atoms with E-state index in [2.05, 4.69) is 4.40 Å². The molecule has 0 aliphatic carbocycles. The first kappa shape index (κ1) is 13.1. The van der Waals surface area contributed by atoms with Crippen molar-refractivity contribution in [2.24, 2.45) is 4.40 Å². The molecule has 0 spiro atoms. The van der Waals surface area contributed by atoms with Crippen LogP contribution >= 0.6 is 0 Å². The fourth-order valence-electron chi connectivity index (χ4n) is 0.883. The number of halogens is 2. The van der Waals surface area contributed by atoms with Crippen molar-refractivity contribution in [2.75, 3.05) is 0 Å². The van der Waals surface area contributed by atoms with Crippen LogP contribution in [0.15, 0.2) is 22.6 Å². The predicted molar refractivity (Wildman–Crippen MR) is 61.8 cm³/mol. The average Bonchev–Trinajstić information content (AvgIpc) is 2.18. The second-order valence-electron chi connectivity index (χ2n) is 4.24. The highest BCUT2D eigenvalue weighted by Crippen LogP contribution is 2.17. The van der Waals surface area contributed by atoms with E-state index in [1.54, 1.807) is 20.8 Å². The third kappa shape index (κ3) is 3.28. The van der Waals surface area contributed by atoms with Gasteiger partial charge in [0.2, 0.25) is 0 Å². The van der Waals surface area contributed by atoms with Gasteiger partial charge in [-0.25, -0.2) is 8.78 Å². The first-order valence-corrected chi connectivity index (χ1v) is 5.83. The van der Waals surface area contributed by atoms with Crippen molar-refractivity contribution in [1.29, 1.82) is 0 Å². The van der Waals surface area contributed by atoms with Gasteiger partial charge >= 0.3 is 0 Å². The van der Waals surface area contributed by atoms with Crippen molar-refractivity contribution < 1.29 is 13.3 Å². The zero-order valence-corrected chi connectivity index (χ0v) is 10.1. The van der Waals surface area contributed by atoms with Crippen molar-refractivity contribution in [3.05, 3.63) is 35.4 Å². The van der Waals surface area contributed by atoms with Crippen molar-refractivity contribution >= 4 is 17.6 Å². The molecule has 1 atom stereocenters. The molecule has 0 amide bonds. The third-order valence-corrected chi connectivity index (χ3v) is 3.14. The Kier molecular flexibility index (Phi) is 4.04. The van der Waals surface area contributed by atoms with Crippen LogP contribution in [0.2, 0.25) is 0 Å². The smallest absolute Gasteiger partial charge is 0.167 e. The lowest BCUT2D eigenvalue weighted by Crippen LogP contribution is -2.25. The lowest BCUT2D eigenvalue weighted by Gasteiger charge is -2.17. The fraction of sp³-hybridized carbons (Fsp3) is 0.364. The zero-order chi connectivity index (χ0) is 12.3. The summed E-state index contributed by atoms with van der Waals surface area (Å²) in [6.07, 6.45) is 1.10. The second-order valence-corrected chi connectivity index (χ2v) is 6.17. The van der Waals surface area contributed by atoms with Crippen LogP contribution in [-0.4, -0.2) is 15.5 Å². The van der Waals surface area contributed by atoms with E-state index in [0.29, 0.717) is 0 Å². The molecule has 1 aromatic rings. The molecule has 0 saturated heterocycles. The Morgan fingerprint density at radius 2 is 1.94 bits per heavy atom. The number of hydrogen-bond donors (Lipinski definition) is 0. The summed E-state index contributed by atoms with van der Waals surface area (Å²) in [5.74, 6) is -1.91. The van der Waals surface area contributed by atoms with E-state index >= 15 is 0 Å². The van der Waals surface area contributed by atoms with Gasteiger partial charge in [-0.05, 0) is 26.8 Å². The average molecular weight is 245 g/mol. The van der Waals surface area contributed by atoms with Crippen LogP contribution in [0, 0.1) is 11.6 Å². The third-order valence-electron chi connectivity index (χ3n) is 1.79. The summed E-state index contributed by atoms with van der Waals surface area (Å²) < 4.78 is 40.7. The van der Waals surface area contributed by atoms with E-state index in [0.717, 1.165) is 12.3 Å². The van der Waals surface area contributed by atoms with Crippen LogP contribution in [-0.2, 0) is 11.4 Å². The topological polar surface area (TPSA) is 35.4 Å². The minimum atomic E-state index is -1.47. The summed E-state index contributed by atoms with van der Waals surface area (Å²) in [4.78, 5) is 0. The number of rotatable bonds is 2. The van der Waals surface area contributed by atoms with Gasteiger partial charge in [0.05, 0.1) is 6.21 Å². The summed E-state index contributed by atoms with van der Waals surface area (Å²) in [7, 11) is 0. The lowest BCUT2D eigenvalue weighted by molar-refractivity contribution is 0.507. The van der Waals surface area contributed by atoms with Crippen molar-refractivity contribution in [3.8, 4) is 0 Å². The highest BCUT2D eigenvalue weighted by Gasteiger charge is 2.25. The lowest BCUT2D eigenvalue weighted by atomic mass is 10.2. The molecule has 0 unspecified atom stereocenters. The van der Waals surface area contributed by atoms with Crippen LogP contribution in [0.5, 0.6) is 0 Å². The Labute approximate surface area is 96.7 Å². The molecule has 5 heteroatoms. The van der Waals surface area contributed by atoms with Gasteiger partial charge in [-0.1, -0.05) is 16.5 Å². The van der Waals surface area contributed by atoms with Crippen LogP contribution in [0.3, 0.4) is 0 Å². The maximum atomic E-state index is 13.2. The van der Waals surface area contributed by atoms with E-state index < -0.39 is 27.7 Å². The number of benzene rings is 1. The molecule has 0 aliphatic heterocycles. The molecular formula is C11H13F2NOS. The monoisotopic (exact) mass is 245 g/mol. The van der Waals surface area contributed by atoms with Gasteiger partial charge in [0.15, 0.2) is 11.6 Å². The largest absolute Gasteiger partial charge is 0.591 e. The first-order chi connectivity index (χ1) is 7.32. The molecule has 0 saturated carbocycles. The summed E-state index contributed by atoms with van der Waals surface area (Å²) >= 11 is -1.47. The summed E-state index contributed by atoms with van der Waals surface area (Å²) in [5.41, 5.74) is -0.00222. The molecule has 0 fully saturated rings. The first-order valence-electron chi connectivity index (χ1n) is 4.72. The molecule has 2 nitrogen and oxygen atoms in total. The number of hydrogen-bond acceptors (Lipinski definition) is 2. The van der Waals surface area contributed by atoms with E-state index in [1.807, 2.05) is 0 Å². The van der Waals surface area contributed by atoms with Crippen molar-refractivity contribution in [1.82, 2.24) is 0 Å². The zero-order valence-electron chi connectivity index (χ0n) is 9.33. The van der Waals surface area contributed by atoms with Gasteiger partial charge in [-0.15, -0.1) is 0 Å². The normalized spacial score (nSPS) is 14.4. The maximum Gasteiger partial charge on any atom is 0.167 e. The Bertz CT molecular complexity index is 401. The minimum absolute atomic E-state index is 0.00222. The van der Waals surface area contributed by atoms with Crippen LogP contribution < -0.4 is 0 Å².